The first-order chi connectivity index (χ1) is 8.15. The molecule has 0 saturated carbocycles. The maximum atomic E-state index is 13.3. The van der Waals surface area contributed by atoms with Crippen molar-refractivity contribution in [3.05, 3.63) is 57.0 Å². The molecule has 0 spiro atoms. The van der Waals surface area contributed by atoms with E-state index < -0.39 is 0 Å². The average Bonchev–Trinajstić information content (AvgIpc) is 2.31. The molecule has 1 heterocycles. The predicted molar refractivity (Wildman–Crippen MR) is 73.4 cm³/mol. The van der Waals surface area contributed by atoms with Crippen molar-refractivity contribution in [2.75, 3.05) is 5.32 Å². The first kappa shape index (κ1) is 12.5. The van der Waals surface area contributed by atoms with Gasteiger partial charge in [0.1, 0.15) is 10.4 Å². The molecule has 88 valence electrons. The second-order valence-corrected chi connectivity index (χ2v) is 5.10. The molecule has 0 amide bonds. The minimum atomic E-state index is -0.280. The largest absolute Gasteiger partial charge is 0.379 e. The van der Waals surface area contributed by atoms with Crippen LogP contribution in [0.4, 0.5) is 10.1 Å². The number of rotatable bonds is 3. The van der Waals surface area contributed by atoms with Crippen LogP contribution in [0.15, 0.2) is 45.5 Å². The average molecular weight is 360 g/mol. The maximum absolute atomic E-state index is 13.3. The summed E-state index contributed by atoms with van der Waals surface area (Å²) in [5.74, 6) is -0.280. The summed E-state index contributed by atoms with van der Waals surface area (Å²) in [5.41, 5.74) is 1.62. The quantitative estimate of drug-likeness (QED) is 0.823. The van der Waals surface area contributed by atoms with Crippen LogP contribution in [0.25, 0.3) is 0 Å². The summed E-state index contributed by atoms with van der Waals surface area (Å²) in [6.07, 6.45) is 0. The minimum Gasteiger partial charge on any atom is -0.379 e. The Balaban J connectivity index is 2.05. The Morgan fingerprint density at radius 3 is 2.71 bits per heavy atom. The molecule has 2 rings (SSSR count). The first-order valence-corrected chi connectivity index (χ1v) is 6.54. The van der Waals surface area contributed by atoms with Gasteiger partial charge in [0, 0.05) is 5.69 Å². The van der Waals surface area contributed by atoms with E-state index in [-0.39, 0.29) is 5.82 Å². The monoisotopic (exact) mass is 358 g/mol. The number of aromatic nitrogens is 1. The molecular weight excluding hydrogens is 351 g/mol. The van der Waals surface area contributed by atoms with Crippen LogP contribution in [-0.2, 0) is 6.54 Å². The normalized spacial score (nSPS) is 10.3. The highest BCUT2D eigenvalue weighted by Crippen LogP contribution is 2.19. The number of benzene rings is 1. The minimum absolute atomic E-state index is 0.280. The number of anilines is 1. The van der Waals surface area contributed by atoms with Crippen LogP contribution >= 0.6 is 31.9 Å². The fraction of sp³-hybridized carbons (Fsp3) is 0.0833. The van der Waals surface area contributed by atoms with E-state index in [4.69, 9.17) is 0 Å². The van der Waals surface area contributed by atoms with Crippen LogP contribution in [0, 0.1) is 5.82 Å². The van der Waals surface area contributed by atoms with E-state index in [0.29, 0.717) is 11.0 Å². The molecule has 0 aliphatic heterocycles. The molecule has 1 aromatic carbocycles. The van der Waals surface area contributed by atoms with Gasteiger partial charge in [0.15, 0.2) is 0 Å². The third kappa shape index (κ3) is 3.51. The lowest BCUT2D eigenvalue weighted by Gasteiger charge is -2.06. The van der Waals surface area contributed by atoms with Crippen molar-refractivity contribution in [3.8, 4) is 0 Å². The first-order valence-electron chi connectivity index (χ1n) is 4.95. The molecule has 0 radical (unpaired) electrons. The molecule has 0 aliphatic rings. The van der Waals surface area contributed by atoms with Gasteiger partial charge in [0.2, 0.25) is 0 Å². The second kappa shape index (κ2) is 5.60. The van der Waals surface area contributed by atoms with Crippen molar-refractivity contribution in [1.29, 1.82) is 0 Å². The smallest absolute Gasteiger partial charge is 0.139 e. The Morgan fingerprint density at radius 2 is 2.00 bits per heavy atom. The van der Waals surface area contributed by atoms with E-state index in [9.17, 15) is 4.39 Å². The number of pyridine rings is 1. The van der Waals surface area contributed by atoms with Gasteiger partial charge in [0.05, 0.1) is 16.7 Å². The lowest BCUT2D eigenvalue weighted by atomic mass is 10.3. The fourth-order valence-corrected chi connectivity index (χ4v) is 1.97. The van der Waals surface area contributed by atoms with Gasteiger partial charge in [-0.05, 0) is 62.2 Å². The molecule has 2 aromatic rings. The molecule has 0 fully saturated rings. The molecule has 1 aromatic heterocycles. The molecule has 0 bridgehead atoms. The number of nitrogens with zero attached hydrogens (tertiary/aromatic N) is 1. The summed E-state index contributed by atoms with van der Waals surface area (Å²) in [6.45, 7) is 0.556. The van der Waals surface area contributed by atoms with Gasteiger partial charge >= 0.3 is 0 Å². The highest BCUT2D eigenvalue weighted by Gasteiger charge is 2.01. The third-order valence-corrected chi connectivity index (χ3v) is 3.25. The Hall–Kier alpha value is -0.940. The van der Waals surface area contributed by atoms with Gasteiger partial charge < -0.3 is 5.32 Å². The van der Waals surface area contributed by atoms with Crippen molar-refractivity contribution < 1.29 is 4.39 Å². The van der Waals surface area contributed by atoms with Gasteiger partial charge in [-0.3, -0.25) is 0 Å². The van der Waals surface area contributed by atoms with Crippen molar-refractivity contribution in [3.63, 3.8) is 0 Å². The van der Waals surface area contributed by atoms with E-state index in [2.05, 4.69) is 42.2 Å². The summed E-state index contributed by atoms with van der Waals surface area (Å²) >= 11 is 6.42. The second-order valence-electron chi connectivity index (χ2n) is 3.43. The highest BCUT2D eigenvalue weighted by molar-refractivity contribution is 9.10. The molecule has 2 nitrogen and oxygen atoms in total. The molecule has 0 atom stereocenters. The standard InChI is InChI=1S/C12H9Br2FN2/c13-10-5-4-8(6-11(10)15)16-7-9-2-1-3-12(14)17-9/h1-6,16H,7H2. The number of hydrogen-bond acceptors (Lipinski definition) is 2. The molecule has 0 aliphatic carbocycles. The van der Waals surface area contributed by atoms with Gasteiger partial charge in [-0.15, -0.1) is 0 Å². The topological polar surface area (TPSA) is 24.9 Å². The van der Waals surface area contributed by atoms with Gasteiger partial charge in [-0.1, -0.05) is 6.07 Å². The van der Waals surface area contributed by atoms with E-state index in [1.807, 2.05) is 24.3 Å². The van der Waals surface area contributed by atoms with Crippen LogP contribution in [0.3, 0.4) is 0 Å². The highest BCUT2D eigenvalue weighted by atomic mass is 79.9. The van der Waals surface area contributed by atoms with Gasteiger partial charge in [-0.25, -0.2) is 9.37 Å². The molecular formula is C12H9Br2FN2. The number of nitrogens with one attached hydrogen (secondary N) is 1. The summed E-state index contributed by atoms with van der Waals surface area (Å²) in [6, 6.07) is 10.6. The van der Waals surface area contributed by atoms with Crippen molar-refractivity contribution >= 4 is 37.5 Å². The molecule has 17 heavy (non-hydrogen) atoms. The zero-order valence-electron chi connectivity index (χ0n) is 8.75. The Kier molecular flexibility index (Phi) is 4.12. The Labute approximate surface area is 116 Å². The fourth-order valence-electron chi connectivity index (χ4n) is 1.35. The summed E-state index contributed by atoms with van der Waals surface area (Å²) in [7, 11) is 0. The molecule has 5 heteroatoms. The molecule has 0 unspecified atom stereocenters. The zero-order valence-corrected chi connectivity index (χ0v) is 11.9. The van der Waals surface area contributed by atoms with Crippen LogP contribution in [0.2, 0.25) is 0 Å². The zero-order chi connectivity index (χ0) is 12.3. The predicted octanol–water partition coefficient (Wildman–Crippen LogP) is 4.36. The van der Waals surface area contributed by atoms with E-state index in [1.54, 1.807) is 6.07 Å². The van der Waals surface area contributed by atoms with Gasteiger partial charge in [0.25, 0.3) is 0 Å². The van der Waals surface area contributed by atoms with E-state index in [1.165, 1.54) is 6.07 Å². The molecule has 0 saturated heterocycles. The van der Waals surface area contributed by atoms with E-state index in [0.717, 1.165) is 16.0 Å². The summed E-state index contributed by atoms with van der Waals surface area (Å²) in [4.78, 5) is 4.28. The lowest BCUT2D eigenvalue weighted by Crippen LogP contribution is -2.01. The van der Waals surface area contributed by atoms with Crippen LogP contribution in [0.1, 0.15) is 5.69 Å². The van der Waals surface area contributed by atoms with Crippen LogP contribution < -0.4 is 5.32 Å². The van der Waals surface area contributed by atoms with Crippen LogP contribution in [-0.4, -0.2) is 4.98 Å². The summed E-state index contributed by atoms with van der Waals surface area (Å²) in [5, 5.41) is 3.11. The van der Waals surface area contributed by atoms with Crippen LogP contribution in [0.5, 0.6) is 0 Å². The van der Waals surface area contributed by atoms with Gasteiger partial charge in [-0.2, -0.15) is 0 Å². The number of hydrogen-bond donors (Lipinski definition) is 1. The Bertz CT molecular complexity index is 532. The van der Waals surface area contributed by atoms with Crippen molar-refractivity contribution in [2.45, 2.75) is 6.54 Å². The van der Waals surface area contributed by atoms with Crippen molar-refractivity contribution in [1.82, 2.24) is 4.98 Å². The lowest BCUT2D eigenvalue weighted by molar-refractivity contribution is 0.621. The van der Waals surface area contributed by atoms with Crippen molar-refractivity contribution in [2.24, 2.45) is 0 Å². The summed E-state index contributed by atoms with van der Waals surface area (Å²) < 4.78 is 14.5. The molecule has 1 N–H and O–H groups in total. The number of halogens is 3. The maximum Gasteiger partial charge on any atom is 0.139 e. The Morgan fingerprint density at radius 1 is 1.18 bits per heavy atom. The van der Waals surface area contributed by atoms with E-state index >= 15 is 0 Å². The SMILES string of the molecule is Fc1cc(NCc2cccc(Br)n2)ccc1Br. The third-order valence-electron chi connectivity index (χ3n) is 2.17.